The molecule has 9 heteroatoms. The van der Waals surface area contributed by atoms with Crippen molar-refractivity contribution >= 4 is 5.97 Å². The number of carbonyl (C=O) groups is 1. The first kappa shape index (κ1) is 22.1. The van der Waals surface area contributed by atoms with Crippen molar-refractivity contribution in [1.29, 1.82) is 0 Å². The first-order valence-corrected chi connectivity index (χ1v) is 10.3. The van der Waals surface area contributed by atoms with Crippen LogP contribution in [0.15, 0.2) is 54.6 Å². The number of pyridine rings is 1. The second-order valence-electron chi connectivity index (χ2n) is 7.40. The Morgan fingerprint density at radius 2 is 1.91 bits per heavy atom. The lowest BCUT2D eigenvalue weighted by molar-refractivity contribution is 0.0689. The second-order valence-corrected chi connectivity index (χ2v) is 7.40. The number of carboxylic acids is 1. The number of benzene rings is 2. The fraction of sp³-hybridized carbons (Fsp3) is 0.208. The van der Waals surface area contributed by atoms with Crippen molar-refractivity contribution in [3.63, 3.8) is 0 Å². The quantitative estimate of drug-likeness (QED) is 0.400. The predicted octanol–water partition coefficient (Wildman–Crippen LogP) is 3.70. The highest BCUT2D eigenvalue weighted by atomic mass is 16.5. The van der Waals surface area contributed by atoms with Gasteiger partial charge in [0.25, 0.3) is 0 Å². The van der Waals surface area contributed by atoms with E-state index in [0.717, 1.165) is 22.3 Å². The standard InChI is InChI=1S/C24H23N5O4/c1-15-12-21(22(24(30)31)20(25-15)10-11-32-2)33-14-16-8-9-18(17-6-4-3-5-7-17)19(13-16)23-26-28-29-27-23/h3-9,12-13H,10-11,14H2,1-2H3,(H,30,31)(H,26,27,28,29). The van der Waals surface area contributed by atoms with Gasteiger partial charge < -0.3 is 14.6 Å². The molecule has 2 aromatic carbocycles. The molecule has 0 saturated carbocycles. The Kier molecular flexibility index (Phi) is 6.70. The topological polar surface area (TPSA) is 123 Å². The Labute approximate surface area is 190 Å². The molecule has 0 fully saturated rings. The molecular weight excluding hydrogens is 422 g/mol. The van der Waals surface area contributed by atoms with E-state index in [2.05, 4.69) is 25.6 Å². The van der Waals surface area contributed by atoms with Crippen LogP contribution in [-0.4, -0.2) is 50.4 Å². The molecule has 0 aliphatic heterocycles. The van der Waals surface area contributed by atoms with Crippen molar-refractivity contribution in [1.82, 2.24) is 25.6 Å². The molecule has 33 heavy (non-hydrogen) atoms. The van der Waals surface area contributed by atoms with Crippen LogP contribution in [0.3, 0.4) is 0 Å². The molecule has 4 aromatic rings. The normalized spacial score (nSPS) is 10.8. The van der Waals surface area contributed by atoms with Gasteiger partial charge >= 0.3 is 5.97 Å². The van der Waals surface area contributed by atoms with E-state index in [4.69, 9.17) is 9.47 Å². The second kappa shape index (κ2) is 10.0. The van der Waals surface area contributed by atoms with Gasteiger partial charge in [0.2, 0.25) is 5.82 Å². The highest BCUT2D eigenvalue weighted by Crippen LogP contribution is 2.31. The molecule has 2 aromatic heterocycles. The molecule has 0 spiro atoms. The zero-order valence-corrected chi connectivity index (χ0v) is 18.3. The summed E-state index contributed by atoms with van der Waals surface area (Å²) < 4.78 is 11.1. The summed E-state index contributed by atoms with van der Waals surface area (Å²) in [4.78, 5) is 16.3. The van der Waals surface area contributed by atoms with E-state index in [0.29, 0.717) is 30.2 Å². The summed E-state index contributed by atoms with van der Waals surface area (Å²) in [7, 11) is 1.56. The molecule has 0 radical (unpaired) electrons. The van der Waals surface area contributed by atoms with Crippen LogP contribution in [0, 0.1) is 6.92 Å². The minimum atomic E-state index is -1.09. The van der Waals surface area contributed by atoms with Gasteiger partial charge in [-0.2, -0.15) is 5.21 Å². The van der Waals surface area contributed by atoms with Crippen LogP contribution in [0.4, 0.5) is 0 Å². The fourth-order valence-electron chi connectivity index (χ4n) is 3.60. The molecule has 4 rings (SSSR count). The zero-order chi connectivity index (χ0) is 23.2. The summed E-state index contributed by atoms with van der Waals surface area (Å²) >= 11 is 0. The number of hydrogen-bond acceptors (Lipinski definition) is 7. The number of carboxylic acid groups (broad SMARTS) is 1. The summed E-state index contributed by atoms with van der Waals surface area (Å²) in [5, 5.41) is 24.2. The molecule has 0 bridgehead atoms. The summed E-state index contributed by atoms with van der Waals surface area (Å²) in [6.07, 6.45) is 0.379. The smallest absolute Gasteiger partial charge is 0.341 e. The first-order chi connectivity index (χ1) is 16.1. The predicted molar refractivity (Wildman–Crippen MR) is 121 cm³/mol. The summed E-state index contributed by atoms with van der Waals surface area (Å²) in [6.45, 7) is 2.33. The van der Waals surface area contributed by atoms with Crippen molar-refractivity contribution < 1.29 is 19.4 Å². The lowest BCUT2D eigenvalue weighted by atomic mass is 9.97. The van der Waals surface area contributed by atoms with Crippen LogP contribution in [0.1, 0.15) is 27.3 Å². The van der Waals surface area contributed by atoms with Crippen LogP contribution in [0.5, 0.6) is 5.75 Å². The number of nitrogens with one attached hydrogen (secondary N) is 1. The highest BCUT2D eigenvalue weighted by Gasteiger charge is 2.20. The van der Waals surface area contributed by atoms with Gasteiger partial charge in [0.1, 0.15) is 17.9 Å². The maximum atomic E-state index is 12.0. The SMILES string of the molecule is COCCc1nc(C)cc(OCc2ccc(-c3ccccc3)c(-c3nn[nH]n3)c2)c1C(=O)O. The van der Waals surface area contributed by atoms with Crippen LogP contribution in [0.25, 0.3) is 22.5 Å². The van der Waals surface area contributed by atoms with E-state index in [1.54, 1.807) is 20.1 Å². The Morgan fingerprint density at radius 3 is 2.61 bits per heavy atom. The molecule has 9 nitrogen and oxygen atoms in total. The summed E-state index contributed by atoms with van der Waals surface area (Å²) in [5.74, 6) is -0.353. The van der Waals surface area contributed by atoms with E-state index in [1.165, 1.54) is 0 Å². The van der Waals surface area contributed by atoms with Gasteiger partial charge in [-0.1, -0.05) is 42.5 Å². The third-order valence-electron chi connectivity index (χ3n) is 5.09. The van der Waals surface area contributed by atoms with Crippen LogP contribution in [-0.2, 0) is 17.8 Å². The Balaban J connectivity index is 1.66. The molecular formula is C24H23N5O4. The number of aryl methyl sites for hydroxylation is 1. The number of rotatable bonds is 9. The van der Waals surface area contributed by atoms with Gasteiger partial charge in [0.15, 0.2) is 0 Å². The number of aromatic amines is 1. The number of nitrogens with zero attached hydrogens (tertiary/aromatic N) is 4. The fourth-order valence-corrected chi connectivity index (χ4v) is 3.60. The molecule has 0 unspecified atom stereocenters. The maximum absolute atomic E-state index is 12.0. The summed E-state index contributed by atoms with van der Waals surface area (Å²) in [6, 6.07) is 17.4. The minimum absolute atomic E-state index is 0.0527. The molecule has 0 atom stereocenters. The number of methoxy groups -OCH3 is 1. The number of aromatic carboxylic acids is 1. The van der Waals surface area contributed by atoms with Gasteiger partial charge in [-0.15, -0.1) is 10.2 Å². The lowest BCUT2D eigenvalue weighted by Gasteiger charge is -2.15. The van der Waals surface area contributed by atoms with E-state index in [-0.39, 0.29) is 17.9 Å². The third-order valence-corrected chi connectivity index (χ3v) is 5.09. The van der Waals surface area contributed by atoms with Gasteiger partial charge in [-0.25, -0.2) is 4.79 Å². The molecule has 0 saturated heterocycles. The number of hydrogen-bond donors (Lipinski definition) is 2. The molecule has 2 heterocycles. The summed E-state index contributed by atoms with van der Waals surface area (Å²) in [5.41, 5.74) is 4.76. The monoisotopic (exact) mass is 445 g/mol. The average molecular weight is 445 g/mol. The third kappa shape index (κ3) is 5.04. The lowest BCUT2D eigenvalue weighted by Crippen LogP contribution is -2.12. The Morgan fingerprint density at radius 1 is 1.09 bits per heavy atom. The van der Waals surface area contributed by atoms with E-state index in [1.807, 2.05) is 48.5 Å². The maximum Gasteiger partial charge on any atom is 0.341 e. The molecule has 2 N–H and O–H groups in total. The number of ether oxygens (including phenoxy) is 2. The largest absolute Gasteiger partial charge is 0.488 e. The van der Waals surface area contributed by atoms with Crippen molar-refractivity contribution in [2.45, 2.75) is 20.0 Å². The van der Waals surface area contributed by atoms with Crippen molar-refractivity contribution in [2.75, 3.05) is 13.7 Å². The van der Waals surface area contributed by atoms with E-state index < -0.39 is 5.97 Å². The minimum Gasteiger partial charge on any atom is -0.488 e. The van der Waals surface area contributed by atoms with E-state index in [9.17, 15) is 9.90 Å². The Bertz CT molecular complexity index is 1240. The van der Waals surface area contributed by atoms with E-state index >= 15 is 0 Å². The highest BCUT2D eigenvalue weighted by molar-refractivity contribution is 5.92. The van der Waals surface area contributed by atoms with Crippen LogP contribution >= 0.6 is 0 Å². The number of aromatic nitrogens is 5. The van der Waals surface area contributed by atoms with Gasteiger partial charge in [0.05, 0.1) is 12.3 Å². The number of H-pyrrole nitrogens is 1. The van der Waals surface area contributed by atoms with Crippen molar-refractivity contribution in [3.05, 3.63) is 77.1 Å². The van der Waals surface area contributed by atoms with Crippen molar-refractivity contribution in [3.8, 4) is 28.3 Å². The zero-order valence-electron chi connectivity index (χ0n) is 18.3. The molecule has 0 aliphatic carbocycles. The van der Waals surface area contributed by atoms with Crippen LogP contribution < -0.4 is 4.74 Å². The average Bonchev–Trinajstić information content (AvgIpc) is 3.36. The van der Waals surface area contributed by atoms with Gasteiger partial charge in [-0.05, 0) is 34.9 Å². The molecule has 0 amide bonds. The van der Waals surface area contributed by atoms with Gasteiger partial charge in [-0.3, -0.25) is 4.98 Å². The molecule has 0 aliphatic rings. The van der Waals surface area contributed by atoms with Crippen molar-refractivity contribution in [2.24, 2.45) is 0 Å². The first-order valence-electron chi connectivity index (χ1n) is 10.3. The van der Waals surface area contributed by atoms with Gasteiger partial charge in [0, 0.05) is 30.9 Å². The molecule has 168 valence electrons. The Hall–Kier alpha value is -4.11. The number of tetrazole rings is 1. The van der Waals surface area contributed by atoms with Crippen LogP contribution in [0.2, 0.25) is 0 Å².